The van der Waals surface area contributed by atoms with Crippen LogP contribution in [0.15, 0.2) is 18.5 Å². The zero-order valence-corrected chi connectivity index (χ0v) is 11.9. The molecule has 102 valence electrons. The van der Waals surface area contributed by atoms with Gasteiger partial charge in [-0.3, -0.25) is 0 Å². The average molecular weight is 260 g/mol. The van der Waals surface area contributed by atoms with E-state index in [4.69, 9.17) is 0 Å². The van der Waals surface area contributed by atoms with E-state index in [0.717, 1.165) is 24.2 Å². The van der Waals surface area contributed by atoms with Crippen LogP contribution in [0.5, 0.6) is 0 Å². The van der Waals surface area contributed by atoms with Gasteiger partial charge in [-0.2, -0.15) is 19.6 Å². The molecular formula is C14H20N4O. The van der Waals surface area contributed by atoms with E-state index in [0.29, 0.717) is 5.92 Å². The second kappa shape index (κ2) is 5.38. The third-order valence-corrected chi connectivity index (χ3v) is 3.24. The van der Waals surface area contributed by atoms with Crippen LogP contribution in [0.25, 0.3) is 0 Å². The highest BCUT2D eigenvalue weighted by Gasteiger charge is 2.21. The SMILES string of the molecule is CCc1c(C(C)C)nn(C(=O)n2cccn2)c1CC. The molecule has 0 amide bonds. The number of nitrogens with zero attached hydrogens (tertiary/aromatic N) is 4. The molecule has 0 unspecified atom stereocenters. The van der Waals surface area contributed by atoms with Crippen LogP contribution in [0.3, 0.4) is 0 Å². The van der Waals surface area contributed by atoms with Crippen LogP contribution in [0, 0.1) is 0 Å². The fourth-order valence-electron chi connectivity index (χ4n) is 2.35. The van der Waals surface area contributed by atoms with Crippen molar-refractivity contribution in [1.82, 2.24) is 19.6 Å². The average Bonchev–Trinajstić information content (AvgIpc) is 3.04. The van der Waals surface area contributed by atoms with Gasteiger partial charge < -0.3 is 0 Å². The van der Waals surface area contributed by atoms with Crippen molar-refractivity contribution in [1.29, 1.82) is 0 Å². The van der Waals surface area contributed by atoms with Gasteiger partial charge in [0.05, 0.1) is 11.4 Å². The van der Waals surface area contributed by atoms with Crippen LogP contribution in [0.2, 0.25) is 0 Å². The van der Waals surface area contributed by atoms with Crippen molar-refractivity contribution < 1.29 is 4.79 Å². The van der Waals surface area contributed by atoms with Crippen molar-refractivity contribution in [2.45, 2.75) is 46.5 Å². The summed E-state index contributed by atoms with van der Waals surface area (Å²) < 4.78 is 2.82. The molecule has 0 bridgehead atoms. The topological polar surface area (TPSA) is 52.7 Å². The van der Waals surface area contributed by atoms with E-state index in [2.05, 4.69) is 31.0 Å². The minimum absolute atomic E-state index is 0.219. The molecule has 5 heteroatoms. The Morgan fingerprint density at radius 2 is 2.05 bits per heavy atom. The van der Waals surface area contributed by atoms with Gasteiger partial charge in [0.1, 0.15) is 0 Å². The minimum atomic E-state index is -0.219. The first kappa shape index (κ1) is 13.5. The number of rotatable bonds is 3. The summed E-state index contributed by atoms with van der Waals surface area (Å²) in [6.45, 7) is 8.35. The molecule has 2 aromatic rings. The molecule has 0 saturated carbocycles. The summed E-state index contributed by atoms with van der Waals surface area (Å²) in [6, 6.07) is 1.51. The minimum Gasteiger partial charge on any atom is -0.244 e. The summed E-state index contributed by atoms with van der Waals surface area (Å²) in [5.74, 6) is 0.312. The molecule has 0 aliphatic heterocycles. The first-order chi connectivity index (χ1) is 9.10. The molecular weight excluding hydrogens is 240 g/mol. The molecule has 2 aromatic heterocycles. The van der Waals surface area contributed by atoms with Gasteiger partial charge in [-0.05, 0) is 30.4 Å². The molecule has 0 aliphatic carbocycles. The Hall–Kier alpha value is -1.91. The molecule has 0 spiro atoms. The molecule has 2 rings (SSSR count). The zero-order chi connectivity index (χ0) is 14.0. The van der Waals surface area contributed by atoms with E-state index in [1.807, 2.05) is 6.92 Å². The van der Waals surface area contributed by atoms with Crippen LogP contribution in [0.4, 0.5) is 4.79 Å². The summed E-state index contributed by atoms with van der Waals surface area (Å²) in [7, 11) is 0. The van der Waals surface area contributed by atoms with Gasteiger partial charge in [0.25, 0.3) is 0 Å². The lowest BCUT2D eigenvalue weighted by Gasteiger charge is -2.05. The Morgan fingerprint density at radius 1 is 1.32 bits per heavy atom. The van der Waals surface area contributed by atoms with Crippen LogP contribution in [0.1, 0.15) is 50.6 Å². The highest BCUT2D eigenvalue weighted by molar-refractivity contribution is 5.78. The van der Waals surface area contributed by atoms with Crippen LogP contribution >= 0.6 is 0 Å². The Balaban J connectivity index is 2.54. The second-order valence-electron chi connectivity index (χ2n) is 4.82. The standard InChI is InChI=1S/C14H20N4O/c1-5-11-12(6-2)18(16-13(11)10(3)4)14(19)17-9-7-8-15-17/h7-10H,5-6H2,1-4H3. The lowest BCUT2D eigenvalue weighted by molar-refractivity contribution is 0.237. The molecule has 19 heavy (non-hydrogen) atoms. The monoisotopic (exact) mass is 260 g/mol. The zero-order valence-electron chi connectivity index (χ0n) is 11.9. The highest BCUT2D eigenvalue weighted by atomic mass is 16.2. The van der Waals surface area contributed by atoms with E-state index in [1.54, 1.807) is 18.5 Å². The fourth-order valence-corrected chi connectivity index (χ4v) is 2.35. The van der Waals surface area contributed by atoms with E-state index >= 15 is 0 Å². The van der Waals surface area contributed by atoms with Crippen LogP contribution < -0.4 is 0 Å². The quantitative estimate of drug-likeness (QED) is 0.852. The molecule has 0 N–H and O–H groups in total. The predicted octanol–water partition coefficient (Wildman–Crippen LogP) is 2.84. The Morgan fingerprint density at radius 3 is 2.53 bits per heavy atom. The van der Waals surface area contributed by atoms with Gasteiger partial charge in [-0.25, -0.2) is 4.79 Å². The largest absolute Gasteiger partial charge is 0.369 e. The molecule has 2 heterocycles. The van der Waals surface area contributed by atoms with Gasteiger partial charge in [0.15, 0.2) is 0 Å². The van der Waals surface area contributed by atoms with Crippen molar-refractivity contribution in [3.63, 3.8) is 0 Å². The second-order valence-corrected chi connectivity index (χ2v) is 4.82. The third-order valence-electron chi connectivity index (χ3n) is 3.24. The maximum Gasteiger partial charge on any atom is 0.369 e. The normalized spacial score (nSPS) is 11.2. The number of carbonyl (C=O) groups excluding carboxylic acids is 1. The van der Waals surface area contributed by atoms with Gasteiger partial charge in [-0.15, -0.1) is 0 Å². The summed E-state index contributed by atoms with van der Waals surface area (Å²) in [4.78, 5) is 12.4. The third kappa shape index (κ3) is 2.32. The number of aromatic nitrogens is 4. The lowest BCUT2D eigenvalue weighted by Crippen LogP contribution is -2.23. The smallest absolute Gasteiger partial charge is 0.244 e. The lowest BCUT2D eigenvalue weighted by atomic mass is 10.0. The first-order valence-corrected chi connectivity index (χ1v) is 6.75. The number of hydrogen-bond donors (Lipinski definition) is 0. The Kier molecular flexibility index (Phi) is 3.83. The van der Waals surface area contributed by atoms with E-state index in [-0.39, 0.29) is 6.03 Å². The van der Waals surface area contributed by atoms with Crippen LogP contribution in [-0.4, -0.2) is 25.6 Å². The number of carbonyl (C=O) groups is 1. The van der Waals surface area contributed by atoms with Gasteiger partial charge in [0.2, 0.25) is 0 Å². The van der Waals surface area contributed by atoms with Crippen molar-refractivity contribution in [3.8, 4) is 0 Å². The van der Waals surface area contributed by atoms with Gasteiger partial charge in [0, 0.05) is 12.4 Å². The van der Waals surface area contributed by atoms with Crippen molar-refractivity contribution >= 4 is 6.03 Å². The van der Waals surface area contributed by atoms with Crippen LogP contribution in [-0.2, 0) is 12.8 Å². The van der Waals surface area contributed by atoms with E-state index in [9.17, 15) is 4.79 Å². The first-order valence-electron chi connectivity index (χ1n) is 6.75. The van der Waals surface area contributed by atoms with E-state index < -0.39 is 0 Å². The van der Waals surface area contributed by atoms with Gasteiger partial charge in [-0.1, -0.05) is 27.7 Å². The predicted molar refractivity (Wildman–Crippen MR) is 73.5 cm³/mol. The highest BCUT2D eigenvalue weighted by Crippen LogP contribution is 2.23. The summed E-state index contributed by atoms with van der Waals surface area (Å²) in [6.07, 6.45) is 4.92. The summed E-state index contributed by atoms with van der Waals surface area (Å²) in [5, 5.41) is 8.50. The van der Waals surface area contributed by atoms with Crippen molar-refractivity contribution in [2.24, 2.45) is 0 Å². The molecule has 0 saturated heterocycles. The molecule has 5 nitrogen and oxygen atoms in total. The fraction of sp³-hybridized carbons (Fsp3) is 0.500. The molecule has 0 fully saturated rings. The summed E-state index contributed by atoms with van der Waals surface area (Å²) in [5.41, 5.74) is 3.20. The van der Waals surface area contributed by atoms with Gasteiger partial charge >= 0.3 is 6.03 Å². The molecule has 0 atom stereocenters. The van der Waals surface area contributed by atoms with E-state index in [1.165, 1.54) is 14.9 Å². The maximum atomic E-state index is 12.4. The summed E-state index contributed by atoms with van der Waals surface area (Å²) >= 11 is 0. The molecule has 0 aromatic carbocycles. The Bertz CT molecular complexity index is 567. The maximum absolute atomic E-state index is 12.4. The van der Waals surface area contributed by atoms with Crippen molar-refractivity contribution in [3.05, 3.63) is 35.4 Å². The molecule has 0 aliphatic rings. The Labute approximate surface area is 113 Å². The molecule has 0 radical (unpaired) electrons. The number of hydrogen-bond acceptors (Lipinski definition) is 3. The van der Waals surface area contributed by atoms with Crippen molar-refractivity contribution in [2.75, 3.05) is 0 Å².